The van der Waals surface area contributed by atoms with Gasteiger partial charge >= 0.3 is 0 Å². The van der Waals surface area contributed by atoms with Crippen LogP contribution in [-0.4, -0.2) is 16.1 Å². The molecule has 0 saturated carbocycles. The zero-order chi connectivity index (χ0) is 14.0. The predicted octanol–water partition coefficient (Wildman–Crippen LogP) is 3.36. The van der Waals surface area contributed by atoms with Crippen LogP contribution in [0.2, 0.25) is 5.02 Å². The van der Waals surface area contributed by atoms with Crippen molar-refractivity contribution in [1.29, 1.82) is 0 Å². The molecule has 0 fully saturated rings. The molecule has 2 N–H and O–H groups in total. The molecule has 2 aromatic rings. The van der Waals surface area contributed by atoms with Gasteiger partial charge in [-0.05, 0) is 24.1 Å². The normalized spacial score (nSPS) is 12.9. The summed E-state index contributed by atoms with van der Waals surface area (Å²) >= 11 is 5.94. The van der Waals surface area contributed by atoms with Gasteiger partial charge < -0.3 is 5.73 Å². The molecule has 3 nitrogen and oxygen atoms in total. The summed E-state index contributed by atoms with van der Waals surface area (Å²) in [6.45, 7) is 4.66. The number of benzene rings is 1. The SMILES string of the molecule is CC(C)C(CN)c1cncn1-c1cc(Cl)ccc1F. The molecule has 1 unspecified atom stereocenters. The van der Waals surface area contributed by atoms with Gasteiger partial charge in [0.25, 0.3) is 0 Å². The Morgan fingerprint density at radius 3 is 2.79 bits per heavy atom. The summed E-state index contributed by atoms with van der Waals surface area (Å²) in [5, 5.41) is 0.491. The smallest absolute Gasteiger partial charge is 0.147 e. The van der Waals surface area contributed by atoms with E-state index in [2.05, 4.69) is 18.8 Å². The van der Waals surface area contributed by atoms with Crippen molar-refractivity contribution in [3.63, 3.8) is 0 Å². The number of hydrogen-bond donors (Lipinski definition) is 1. The predicted molar refractivity (Wildman–Crippen MR) is 75.2 cm³/mol. The second kappa shape index (κ2) is 5.72. The number of rotatable bonds is 4. The molecule has 0 aliphatic rings. The van der Waals surface area contributed by atoms with Crippen LogP contribution >= 0.6 is 11.6 Å². The Labute approximate surface area is 117 Å². The van der Waals surface area contributed by atoms with Crippen LogP contribution in [0.4, 0.5) is 4.39 Å². The molecule has 0 spiro atoms. The lowest BCUT2D eigenvalue weighted by molar-refractivity contribution is 0.487. The largest absolute Gasteiger partial charge is 0.330 e. The first-order valence-electron chi connectivity index (χ1n) is 6.22. The average Bonchev–Trinajstić information content (AvgIpc) is 2.81. The van der Waals surface area contributed by atoms with E-state index in [4.69, 9.17) is 17.3 Å². The fraction of sp³-hybridized carbons (Fsp3) is 0.357. The van der Waals surface area contributed by atoms with Crippen molar-refractivity contribution >= 4 is 11.6 Å². The Morgan fingerprint density at radius 1 is 1.42 bits per heavy atom. The Kier molecular flexibility index (Phi) is 4.22. The molecule has 19 heavy (non-hydrogen) atoms. The van der Waals surface area contributed by atoms with E-state index >= 15 is 0 Å². The molecule has 1 heterocycles. The van der Waals surface area contributed by atoms with Crippen LogP contribution in [0.25, 0.3) is 5.69 Å². The molecule has 0 radical (unpaired) electrons. The van der Waals surface area contributed by atoms with Crippen molar-refractivity contribution in [2.45, 2.75) is 19.8 Å². The second-order valence-electron chi connectivity index (χ2n) is 4.87. The van der Waals surface area contributed by atoms with Gasteiger partial charge in [-0.1, -0.05) is 25.4 Å². The van der Waals surface area contributed by atoms with Crippen LogP contribution in [-0.2, 0) is 0 Å². The lowest BCUT2D eigenvalue weighted by atomic mass is 9.93. The zero-order valence-electron chi connectivity index (χ0n) is 11.0. The second-order valence-corrected chi connectivity index (χ2v) is 5.31. The molecule has 1 aromatic heterocycles. The summed E-state index contributed by atoms with van der Waals surface area (Å²) in [6, 6.07) is 4.48. The summed E-state index contributed by atoms with van der Waals surface area (Å²) in [4.78, 5) is 4.12. The van der Waals surface area contributed by atoms with Gasteiger partial charge in [-0.25, -0.2) is 9.37 Å². The fourth-order valence-corrected chi connectivity index (χ4v) is 2.35. The van der Waals surface area contributed by atoms with Crippen molar-refractivity contribution in [3.8, 4) is 5.69 Å². The fourth-order valence-electron chi connectivity index (χ4n) is 2.19. The van der Waals surface area contributed by atoms with Gasteiger partial charge in [0, 0.05) is 29.4 Å². The summed E-state index contributed by atoms with van der Waals surface area (Å²) < 4.78 is 15.7. The maximum atomic E-state index is 13.9. The van der Waals surface area contributed by atoms with Gasteiger partial charge in [0.1, 0.15) is 5.82 Å². The molecule has 1 atom stereocenters. The molecule has 1 aromatic carbocycles. The molecule has 0 saturated heterocycles. The highest BCUT2D eigenvalue weighted by atomic mass is 35.5. The highest BCUT2D eigenvalue weighted by Crippen LogP contribution is 2.27. The average molecular weight is 282 g/mol. The van der Waals surface area contributed by atoms with E-state index in [0.717, 1.165) is 5.69 Å². The van der Waals surface area contributed by atoms with Crippen LogP contribution in [0.3, 0.4) is 0 Å². The third-order valence-electron chi connectivity index (χ3n) is 3.27. The maximum absolute atomic E-state index is 13.9. The lowest BCUT2D eigenvalue weighted by Crippen LogP contribution is -2.20. The first-order valence-corrected chi connectivity index (χ1v) is 6.60. The van der Waals surface area contributed by atoms with Crippen LogP contribution in [0.15, 0.2) is 30.7 Å². The van der Waals surface area contributed by atoms with Gasteiger partial charge in [0.05, 0.1) is 12.0 Å². The number of nitrogens with zero attached hydrogens (tertiary/aromatic N) is 2. The van der Waals surface area contributed by atoms with Gasteiger partial charge in [-0.3, -0.25) is 4.57 Å². The third-order valence-corrected chi connectivity index (χ3v) is 3.51. The minimum absolute atomic E-state index is 0.126. The highest BCUT2D eigenvalue weighted by molar-refractivity contribution is 6.30. The van der Waals surface area contributed by atoms with E-state index in [1.54, 1.807) is 23.2 Å². The van der Waals surface area contributed by atoms with E-state index in [9.17, 15) is 4.39 Å². The van der Waals surface area contributed by atoms with Crippen molar-refractivity contribution in [2.75, 3.05) is 6.54 Å². The Balaban J connectivity index is 2.52. The number of hydrogen-bond acceptors (Lipinski definition) is 2. The molecule has 102 valence electrons. The first kappa shape index (κ1) is 14.0. The van der Waals surface area contributed by atoms with Gasteiger partial charge in [0.2, 0.25) is 0 Å². The minimum atomic E-state index is -0.330. The standard InChI is InChI=1S/C14H17ClFN3/c1-9(2)11(6-17)14-7-18-8-19(14)13-5-10(15)3-4-12(13)16/h3-5,7-9,11H,6,17H2,1-2H3. The molecule has 2 rings (SSSR count). The van der Waals surface area contributed by atoms with Crippen LogP contribution in [0.1, 0.15) is 25.5 Å². The molecular weight excluding hydrogens is 265 g/mol. The monoisotopic (exact) mass is 281 g/mol. The van der Waals surface area contributed by atoms with E-state index in [-0.39, 0.29) is 11.7 Å². The van der Waals surface area contributed by atoms with Crippen molar-refractivity contribution in [1.82, 2.24) is 9.55 Å². The summed E-state index contributed by atoms with van der Waals surface area (Å²) in [5.41, 5.74) is 7.12. The van der Waals surface area contributed by atoms with Crippen LogP contribution in [0, 0.1) is 11.7 Å². The summed E-state index contributed by atoms with van der Waals surface area (Å²) in [7, 11) is 0. The van der Waals surface area contributed by atoms with Crippen LogP contribution < -0.4 is 5.73 Å². The van der Waals surface area contributed by atoms with E-state index in [1.165, 1.54) is 12.1 Å². The van der Waals surface area contributed by atoms with Crippen LogP contribution in [0.5, 0.6) is 0 Å². The van der Waals surface area contributed by atoms with Gasteiger partial charge in [-0.2, -0.15) is 0 Å². The lowest BCUT2D eigenvalue weighted by Gasteiger charge is -2.21. The number of nitrogens with two attached hydrogens (primary N) is 1. The first-order chi connectivity index (χ1) is 9.04. The minimum Gasteiger partial charge on any atom is -0.330 e. The Bertz CT molecular complexity index is 566. The molecule has 5 heteroatoms. The highest BCUT2D eigenvalue weighted by Gasteiger charge is 2.20. The molecule has 0 aliphatic heterocycles. The Morgan fingerprint density at radius 2 is 2.16 bits per heavy atom. The van der Waals surface area contributed by atoms with Crippen molar-refractivity contribution in [2.24, 2.45) is 11.7 Å². The van der Waals surface area contributed by atoms with Gasteiger partial charge in [0.15, 0.2) is 0 Å². The number of imidazole rings is 1. The molecule has 0 bridgehead atoms. The van der Waals surface area contributed by atoms with E-state index in [0.29, 0.717) is 23.2 Å². The van der Waals surface area contributed by atoms with E-state index < -0.39 is 0 Å². The third kappa shape index (κ3) is 2.80. The molecule has 0 amide bonds. The topological polar surface area (TPSA) is 43.8 Å². The van der Waals surface area contributed by atoms with Gasteiger partial charge in [-0.15, -0.1) is 0 Å². The molecular formula is C14H17ClFN3. The number of aromatic nitrogens is 2. The quantitative estimate of drug-likeness (QED) is 0.934. The number of halogens is 2. The molecule has 0 aliphatic carbocycles. The zero-order valence-corrected chi connectivity index (χ0v) is 11.7. The van der Waals surface area contributed by atoms with E-state index in [1.807, 2.05) is 0 Å². The Hall–Kier alpha value is -1.39. The summed E-state index contributed by atoms with van der Waals surface area (Å²) in [5.74, 6) is 0.145. The maximum Gasteiger partial charge on any atom is 0.147 e. The van der Waals surface area contributed by atoms with Crippen molar-refractivity contribution < 1.29 is 4.39 Å². The van der Waals surface area contributed by atoms with Crippen molar-refractivity contribution in [3.05, 3.63) is 47.3 Å². The summed E-state index contributed by atoms with van der Waals surface area (Å²) in [6.07, 6.45) is 3.33.